The number of carbonyl (C=O) groups is 1. The van der Waals surface area contributed by atoms with Crippen molar-refractivity contribution in [1.82, 2.24) is 0 Å². The van der Waals surface area contributed by atoms with Crippen LogP contribution in [0.15, 0.2) is 0 Å². The lowest BCUT2D eigenvalue weighted by Crippen LogP contribution is -2.51. The fraction of sp³-hybridized carbons (Fsp3) is 0.875. The van der Waals surface area contributed by atoms with Crippen molar-refractivity contribution in [2.24, 2.45) is 0 Å². The van der Waals surface area contributed by atoms with Crippen LogP contribution < -0.4 is 0 Å². The zero-order valence-electron chi connectivity index (χ0n) is 8.75. The molecule has 0 aromatic rings. The molecule has 0 saturated carbocycles. The number of aliphatic hydroxyl groups excluding tert-OH is 6. The zero-order valence-corrected chi connectivity index (χ0v) is 9.64. The van der Waals surface area contributed by atoms with E-state index in [9.17, 15) is 20.1 Å². The molecule has 0 aliphatic carbocycles. The first-order valence-corrected chi connectivity index (χ1v) is 5.29. The van der Waals surface area contributed by atoms with E-state index >= 15 is 0 Å². The molecule has 5 atom stereocenters. The summed E-state index contributed by atoms with van der Waals surface area (Å²) in [5.74, 6) is -1.29. The van der Waals surface area contributed by atoms with Gasteiger partial charge in [-0.05, 0) is 0 Å². The molecule has 17 heavy (non-hydrogen) atoms. The molecule has 0 spiro atoms. The van der Waals surface area contributed by atoms with Gasteiger partial charge in [-0.25, -0.2) is 0 Å². The van der Waals surface area contributed by atoms with E-state index in [4.69, 9.17) is 15.3 Å². The molecule has 0 heterocycles. The number of aliphatic hydroxyl groups is 6. The molecule has 0 saturated heterocycles. The van der Waals surface area contributed by atoms with Crippen LogP contribution >= 0.6 is 12.6 Å². The minimum atomic E-state index is -2.08. The smallest absolute Gasteiger partial charge is 0.318 e. The first kappa shape index (κ1) is 16.6. The van der Waals surface area contributed by atoms with Crippen LogP contribution in [0.2, 0.25) is 0 Å². The molecule has 0 aromatic carbocycles. The average Bonchev–Trinajstić information content (AvgIpc) is 2.34. The number of carbonyl (C=O) groups excluding carboxylic acids is 1. The van der Waals surface area contributed by atoms with E-state index in [0.29, 0.717) is 0 Å². The van der Waals surface area contributed by atoms with Crippen LogP contribution in [0.3, 0.4) is 0 Å². The summed E-state index contributed by atoms with van der Waals surface area (Å²) in [4.78, 5) is 10.7. The Morgan fingerprint density at radius 3 is 2.00 bits per heavy atom. The van der Waals surface area contributed by atoms with Crippen LogP contribution in [0.5, 0.6) is 0 Å². The third-order valence-electron chi connectivity index (χ3n) is 1.95. The van der Waals surface area contributed by atoms with Gasteiger partial charge in [-0.2, -0.15) is 12.6 Å². The summed E-state index contributed by atoms with van der Waals surface area (Å²) >= 11 is 3.55. The summed E-state index contributed by atoms with van der Waals surface area (Å²) in [5, 5.41) is 54.4. The molecule has 0 rings (SSSR count). The standard InChI is InChI=1S/C8H16O8S/c9-1-3(10)5(12)6(13)7(14)8(15)16-4(11)2-17/h3,5-10,12-15,17H,1-2H2/t3-,5-,6+,7+,8?/m1/s1. The summed E-state index contributed by atoms with van der Waals surface area (Å²) < 4.78 is 4.22. The molecule has 0 radical (unpaired) electrons. The van der Waals surface area contributed by atoms with Gasteiger partial charge in [-0.1, -0.05) is 0 Å². The van der Waals surface area contributed by atoms with Crippen molar-refractivity contribution >= 4 is 18.6 Å². The Kier molecular flexibility index (Phi) is 7.63. The van der Waals surface area contributed by atoms with Gasteiger partial charge in [0.25, 0.3) is 0 Å². The molecule has 0 bridgehead atoms. The van der Waals surface area contributed by atoms with Crippen molar-refractivity contribution in [2.75, 3.05) is 12.4 Å². The summed E-state index contributed by atoms with van der Waals surface area (Å²) in [6, 6.07) is 0. The Morgan fingerprint density at radius 1 is 1.06 bits per heavy atom. The van der Waals surface area contributed by atoms with Crippen molar-refractivity contribution in [3.8, 4) is 0 Å². The maximum atomic E-state index is 10.7. The minimum absolute atomic E-state index is 0.346. The van der Waals surface area contributed by atoms with Crippen LogP contribution in [-0.2, 0) is 9.53 Å². The Hall–Kier alpha value is -0.420. The highest BCUT2D eigenvalue weighted by atomic mass is 32.1. The number of ether oxygens (including phenoxy) is 1. The first-order chi connectivity index (χ1) is 7.84. The molecule has 0 aliphatic heterocycles. The van der Waals surface area contributed by atoms with Gasteiger partial charge in [0, 0.05) is 0 Å². The van der Waals surface area contributed by atoms with Crippen molar-refractivity contribution in [3.63, 3.8) is 0 Å². The van der Waals surface area contributed by atoms with Gasteiger partial charge in [0.2, 0.25) is 6.29 Å². The van der Waals surface area contributed by atoms with Crippen LogP contribution in [0.1, 0.15) is 0 Å². The topological polar surface area (TPSA) is 148 Å². The molecule has 9 heteroatoms. The third kappa shape index (κ3) is 5.17. The molecular weight excluding hydrogens is 256 g/mol. The monoisotopic (exact) mass is 272 g/mol. The van der Waals surface area contributed by atoms with Crippen LogP contribution in [0, 0.1) is 0 Å². The largest absolute Gasteiger partial charge is 0.432 e. The molecular formula is C8H16O8S. The number of esters is 1. The average molecular weight is 272 g/mol. The lowest BCUT2D eigenvalue weighted by atomic mass is 10.0. The fourth-order valence-electron chi connectivity index (χ4n) is 0.948. The molecule has 0 fully saturated rings. The van der Waals surface area contributed by atoms with Gasteiger partial charge >= 0.3 is 5.97 Å². The second kappa shape index (κ2) is 7.82. The summed E-state index contributed by atoms with van der Waals surface area (Å²) in [5.41, 5.74) is 0. The quantitative estimate of drug-likeness (QED) is 0.142. The van der Waals surface area contributed by atoms with Crippen LogP contribution in [0.4, 0.5) is 0 Å². The maximum Gasteiger partial charge on any atom is 0.318 e. The second-order valence-electron chi connectivity index (χ2n) is 3.26. The Bertz CT molecular complexity index is 238. The van der Waals surface area contributed by atoms with E-state index in [1.807, 2.05) is 0 Å². The molecule has 6 N–H and O–H groups in total. The van der Waals surface area contributed by atoms with Crippen LogP contribution in [0.25, 0.3) is 0 Å². The number of thiol groups is 1. The highest BCUT2D eigenvalue weighted by Gasteiger charge is 2.35. The predicted octanol–water partition coefficient (Wildman–Crippen LogP) is -3.79. The van der Waals surface area contributed by atoms with Crippen LogP contribution in [-0.4, -0.2) is 79.7 Å². The first-order valence-electron chi connectivity index (χ1n) is 4.66. The second-order valence-corrected chi connectivity index (χ2v) is 3.58. The van der Waals surface area contributed by atoms with Gasteiger partial charge in [0.1, 0.15) is 24.4 Å². The lowest BCUT2D eigenvalue weighted by Gasteiger charge is -2.27. The Labute approximate surface area is 102 Å². The lowest BCUT2D eigenvalue weighted by molar-refractivity contribution is -0.211. The third-order valence-corrected chi connectivity index (χ3v) is 2.21. The predicted molar refractivity (Wildman–Crippen MR) is 57.1 cm³/mol. The Morgan fingerprint density at radius 2 is 1.59 bits per heavy atom. The molecule has 102 valence electrons. The van der Waals surface area contributed by atoms with Gasteiger partial charge in [-0.15, -0.1) is 0 Å². The normalized spacial score (nSPS) is 20.2. The van der Waals surface area contributed by atoms with E-state index in [0.717, 1.165) is 0 Å². The van der Waals surface area contributed by atoms with E-state index in [-0.39, 0.29) is 5.75 Å². The summed E-state index contributed by atoms with van der Waals surface area (Å²) in [6.45, 7) is -0.850. The molecule has 0 aliphatic rings. The number of hydrogen-bond donors (Lipinski definition) is 7. The van der Waals surface area contributed by atoms with Gasteiger partial charge in [0.15, 0.2) is 0 Å². The summed E-state index contributed by atoms with van der Waals surface area (Å²) in [6.07, 6.45) is -9.72. The maximum absolute atomic E-state index is 10.7. The Balaban J connectivity index is 4.37. The van der Waals surface area contributed by atoms with Crippen molar-refractivity contribution < 1.29 is 40.2 Å². The van der Waals surface area contributed by atoms with Gasteiger partial charge in [0.05, 0.1) is 12.4 Å². The van der Waals surface area contributed by atoms with Crippen molar-refractivity contribution in [1.29, 1.82) is 0 Å². The van der Waals surface area contributed by atoms with E-state index in [2.05, 4.69) is 17.4 Å². The molecule has 0 aromatic heterocycles. The van der Waals surface area contributed by atoms with E-state index in [1.165, 1.54) is 0 Å². The highest BCUT2D eigenvalue weighted by molar-refractivity contribution is 7.81. The molecule has 1 unspecified atom stereocenters. The summed E-state index contributed by atoms with van der Waals surface area (Å²) in [7, 11) is 0. The number of rotatable bonds is 7. The van der Waals surface area contributed by atoms with E-state index < -0.39 is 43.3 Å². The van der Waals surface area contributed by atoms with Crippen molar-refractivity contribution in [2.45, 2.75) is 30.7 Å². The zero-order chi connectivity index (χ0) is 13.6. The molecule has 8 nitrogen and oxygen atoms in total. The van der Waals surface area contributed by atoms with Gasteiger partial charge < -0.3 is 35.4 Å². The number of hydrogen-bond acceptors (Lipinski definition) is 9. The molecule has 0 amide bonds. The highest BCUT2D eigenvalue weighted by Crippen LogP contribution is 2.09. The van der Waals surface area contributed by atoms with Crippen molar-refractivity contribution in [3.05, 3.63) is 0 Å². The fourth-order valence-corrected chi connectivity index (χ4v) is 1.02. The SMILES string of the molecule is O=C(CS)OC(O)[C@@H](O)[C@@H](O)[C@H](O)[C@H](O)CO. The van der Waals surface area contributed by atoms with Gasteiger partial charge in [-0.3, -0.25) is 4.79 Å². The minimum Gasteiger partial charge on any atom is -0.432 e. The van der Waals surface area contributed by atoms with E-state index in [1.54, 1.807) is 0 Å².